The number of aryl methyl sites for hydroxylation is 1. The fourth-order valence-electron chi connectivity index (χ4n) is 3.44. The van der Waals surface area contributed by atoms with Crippen molar-refractivity contribution in [1.82, 2.24) is 9.97 Å². The van der Waals surface area contributed by atoms with E-state index in [1.54, 1.807) is 18.2 Å². The summed E-state index contributed by atoms with van der Waals surface area (Å²) in [6.07, 6.45) is 1.23. The molecule has 0 amide bonds. The molecule has 0 N–H and O–H groups in total. The van der Waals surface area contributed by atoms with Crippen molar-refractivity contribution in [3.05, 3.63) is 52.5 Å². The summed E-state index contributed by atoms with van der Waals surface area (Å²) in [6, 6.07) is 8.91. The first kappa shape index (κ1) is 23.1. The van der Waals surface area contributed by atoms with Gasteiger partial charge in [-0.1, -0.05) is 11.6 Å². The number of halogens is 4. The molecule has 174 valence electrons. The van der Waals surface area contributed by atoms with Crippen LogP contribution >= 0.6 is 11.6 Å². The molecule has 3 aromatic rings. The summed E-state index contributed by atoms with van der Waals surface area (Å²) in [4.78, 5) is 21.7. The maximum atomic E-state index is 13.0. The minimum atomic E-state index is -6.01. The van der Waals surface area contributed by atoms with Crippen LogP contribution in [0, 0.1) is 0 Å². The molecular weight excluding hydrogens is 487 g/mol. The van der Waals surface area contributed by atoms with Gasteiger partial charge in [0.2, 0.25) is 0 Å². The molecule has 13 heteroatoms. The van der Waals surface area contributed by atoms with Crippen LogP contribution in [-0.2, 0) is 21.3 Å². The van der Waals surface area contributed by atoms with Crippen LogP contribution in [0.4, 0.5) is 24.7 Å². The summed E-state index contributed by atoms with van der Waals surface area (Å²) in [5, 5.41) is 0.471. The van der Waals surface area contributed by atoms with Crippen molar-refractivity contribution in [1.29, 1.82) is 0 Å². The van der Waals surface area contributed by atoms with Crippen LogP contribution in [0.25, 0.3) is 11.0 Å². The average molecular weight is 502 g/mol. The standard InChI is InChI=1S/C20H15ClF3N3O5S/c1-31-19(28)12-4-6-14-15(10-12)25-17(18(26-14)32-33(29,30)20(22,23)24)27-8-2-3-11-9-13(21)5-7-16(11)27/h4-7,9-10H,2-3,8H2,1H3. The number of nitrogens with zero attached hydrogens (tertiary/aromatic N) is 3. The van der Waals surface area contributed by atoms with Gasteiger partial charge in [-0.3, -0.25) is 0 Å². The Morgan fingerprint density at radius 1 is 1.12 bits per heavy atom. The fraction of sp³-hybridized carbons (Fsp3) is 0.250. The van der Waals surface area contributed by atoms with Gasteiger partial charge in [-0.15, -0.1) is 0 Å². The summed E-state index contributed by atoms with van der Waals surface area (Å²) in [5.41, 5.74) is -4.02. The van der Waals surface area contributed by atoms with Crippen LogP contribution in [0.3, 0.4) is 0 Å². The topological polar surface area (TPSA) is 98.7 Å². The molecule has 1 aromatic heterocycles. The number of methoxy groups -OCH3 is 1. The van der Waals surface area contributed by atoms with Gasteiger partial charge in [0, 0.05) is 17.3 Å². The van der Waals surface area contributed by atoms with Crippen molar-refractivity contribution in [2.45, 2.75) is 18.3 Å². The zero-order chi connectivity index (χ0) is 24.0. The predicted octanol–water partition coefficient (Wildman–Crippen LogP) is 4.38. The first-order chi connectivity index (χ1) is 15.5. The van der Waals surface area contributed by atoms with Crippen LogP contribution in [-0.4, -0.2) is 43.5 Å². The smallest absolute Gasteiger partial charge is 0.465 e. The second kappa shape index (κ2) is 8.34. The van der Waals surface area contributed by atoms with Gasteiger partial charge in [0.05, 0.1) is 23.7 Å². The quantitative estimate of drug-likeness (QED) is 0.295. The normalized spacial score (nSPS) is 14.2. The molecule has 2 heterocycles. The highest BCUT2D eigenvalue weighted by molar-refractivity contribution is 7.88. The summed E-state index contributed by atoms with van der Waals surface area (Å²) >= 11 is 6.06. The molecule has 0 atom stereocenters. The minimum Gasteiger partial charge on any atom is -0.465 e. The van der Waals surface area contributed by atoms with Gasteiger partial charge in [0.15, 0.2) is 5.82 Å². The minimum absolute atomic E-state index is 0.0205. The second-order valence-electron chi connectivity index (χ2n) is 7.06. The van der Waals surface area contributed by atoms with Crippen molar-refractivity contribution in [2.24, 2.45) is 0 Å². The van der Waals surface area contributed by atoms with Crippen molar-refractivity contribution < 1.29 is 35.3 Å². The van der Waals surface area contributed by atoms with Gasteiger partial charge in [-0.05, 0) is 54.8 Å². The lowest BCUT2D eigenvalue weighted by Gasteiger charge is -2.31. The second-order valence-corrected chi connectivity index (χ2v) is 9.03. The van der Waals surface area contributed by atoms with Crippen LogP contribution in [0.1, 0.15) is 22.3 Å². The predicted molar refractivity (Wildman–Crippen MR) is 113 cm³/mol. The molecule has 2 aromatic carbocycles. The summed E-state index contributed by atoms with van der Waals surface area (Å²) in [5.74, 6) is -1.74. The Kier molecular flexibility index (Phi) is 5.83. The van der Waals surface area contributed by atoms with Gasteiger partial charge in [-0.2, -0.15) is 21.6 Å². The number of carbonyl (C=O) groups excluding carboxylic acids is 1. The van der Waals surface area contributed by atoms with Gasteiger partial charge in [0.1, 0.15) is 0 Å². The molecule has 1 aliphatic heterocycles. The number of hydrogen-bond acceptors (Lipinski definition) is 8. The van der Waals surface area contributed by atoms with E-state index in [0.29, 0.717) is 30.1 Å². The number of ether oxygens (including phenoxy) is 1. The van der Waals surface area contributed by atoms with Gasteiger partial charge in [-0.25, -0.2) is 14.8 Å². The summed E-state index contributed by atoms with van der Waals surface area (Å²) < 4.78 is 71.7. The van der Waals surface area contributed by atoms with Crippen LogP contribution in [0.2, 0.25) is 5.02 Å². The van der Waals surface area contributed by atoms with E-state index < -0.39 is 27.5 Å². The van der Waals surface area contributed by atoms with Gasteiger partial charge < -0.3 is 13.8 Å². The maximum absolute atomic E-state index is 13.0. The molecule has 0 saturated carbocycles. The number of fused-ring (bicyclic) bond motifs is 2. The highest BCUT2D eigenvalue weighted by atomic mass is 35.5. The lowest BCUT2D eigenvalue weighted by atomic mass is 10.0. The molecular formula is C20H15ClF3N3O5S. The highest BCUT2D eigenvalue weighted by Crippen LogP contribution is 2.40. The number of anilines is 2. The molecule has 33 heavy (non-hydrogen) atoms. The third kappa shape index (κ3) is 4.40. The van der Waals surface area contributed by atoms with E-state index in [0.717, 1.165) is 5.56 Å². The van der Waals surface area contributed by atoms with Crippen LogP contribution < -0.4 is 9.08 Å². The van der Waals surface area contributed by atoms with E-state index in [-0.39, 0.29) is 22.4 Å². The third-order valence-electron chi connectivity index (χ3n) is 4.92. The number of rotatable bonds is 4. The number of carbonyl (C=O) groups is 1. The SMILES string of the molecule is COC(=O)c1ccc2nc(OS(=O)(=O)C(F)(F)F)c(N3CCCc4cc(Cl)ccc43)nc2c1. The highest BCUT2D eigenvalue weighted by Gasteiger charge is 2.49. The Bertz CT molecular complexity index is 1370. The number of alkyl halides is 3. The van der Waals surface area contributed by atoms with E-state index >= 15 is 0 Å². The zero-order valence-corrected chi connectivity index (χ0v) is 18.5. The number of aromatic nitrogens is 2. The fourth-order valence-corrected chi connectivity index (χ4v) is 4.05. The van der Waals surface area contributed by atoms with Crippen LogP contribution in [0.5, 0.6) is 5.88 Å². The molecule has 4 rings (SSSR count). The Morgan fingerprint density at radius 3 is 2.58 bits per heavy atom. The van der Waals surface area contributed by atoms with Crippen molar-refractivity contribution in [2.75, 3.05) is 18.6 Å². The average Bonchev–Trinajstić information content (AvgIpc) is 2.76. The monoisotopic (exact) mass is 501 g/mol. The molecule has 0 fully saturated rings. The van der Waals surface area contributed by atoms with E-state index in [9.17, 15) is 26.4 Å². The van der Waals surface area contributed by atoms with Crippen molar-refractivity contribution in [3.63, 3.8) is 0 Å². The number of esters is 1. The lowest BCUT2D eigenvalue weighted by molar-refractivity contribution is -0.0501. The Labute approximate surface area is 191 Å². The van der Waals surface area contributed by atoms with E-state index in [1.165, 1.54) is 30.2 Å². The Balaban J connectivity index is 1.93. The molecule has 0 aliphatic carbocycles. The van der Waals surface area contributed by atoms with Gasteiger partial charge in [0.25, 0.3) is 5.88 Å². The van der Waals surface area contributed by atoms with Crippen molar-refractivity contribution in [3.8, 4) is 5.88 Å². The Morgan fingerprint density at radius 2 is 1.88 bits per heavy atom. The van der Waals surface area contributed by atoms with E-state index in [4.69, 9.17) is 11.6 Å². The van der Waals surface area contributed by atoms with Crippen LogP contribution in [0.15, 0.2) is 36.4 Å². The van der Waals surface area contributed by atoms with E-state index in [2.05, 4.69) is 18.9 Å². The number of hydrogen-bond donors (Lipinski definition) is 0. The third-order valence-corrected chi connectivity index (χ3v) is 6.10. The molecule has 1 aliphatic rings. The lowest BCUT2D eigenvalue weighted by Crippen LogP contribution is -2.31. The largest absolute Gasteiger partial charge is 0.534 e. The summed E-state index contributed by atoms with van der Waals surface area (Å²) in [6.45, 7) is 0.300. The first-order valence-electron chi connectivity index (χ1n) is 9.47. The van der Waals surface area contributed by atoms with Gasteiger partial charge >= 0.3 is 21.6 Å². The first-order valence-corrected chi connectivity index (χ1v) is 11.3. The molecule has 0 spiro atoms. The summed E-state index contributed by atoms with van der Waals surface area (Å²) in [7, 11) is -4.82. The molecule has 0 bridgehead atoms. The maximum Gasteiger partial charge on any atom is 0.534 e. The number of benzene rings is 2. The molecule has 0 radical (unpaired) electrons. The Hall–Kier alpha value is -3.12. The zero-order valence-electron chi connectivity index (χ0n) is 16.9. The molecule has 0 saturated heterocycles. The van der Waals surface area contributed by atoms with Crippen molar-refractivity contribution >= 4 is 50.2 Å². The molecule has 8 nitrogen and oxygen atoms in total. The molecule has 0 unspecified atom stereocenters. The van der Waals surface area contributed by atoms with E-state index in [1.807, 2.05) is 0 Å².